The van der Waals surface area contributed by atoms with Crippen LogP contribution in [0.25, 0.3) is 10.7 Å². The number of aromatic nitrogens is 2. The van der Waals surface area contributed by atoms with Gasteiger partial charge in [-0.15, -0.1) is 11.3 Å². The summed E-state index contributed by atoms with van der Waals surface area (Å²) in [7, 11) is 0. The third-order valence-electron chi connectivity index (χ3n) is 4.39. The Hall–Kier alpha value is -2.40. The molecule has 1 fully saturated rings. The van der Waals surface area contributed by atoms with E-state index in [2.05, 4.69) is 9.97 Å². The lowest BCUT2D eigenvalue weighted by atomic mass is 10.1. The highest BCUT2D eigenvalue weighted by Crippen LogP contribution is 2.35. The van der Waals surface area contributed by atoms with Crippen LogP contribution in [0.4, 0.5) is 0 Å². The molecule has 0 bridgehead atoms. The third kappa shape index (κ3) is 3.99. The Kier molecular flexibility index (Phi) is 4.93. The van der Waals surface area contributed by atoms with E-state index in [4.69, 9.17) is 9.47 Å². The number of benzene rings is 1. The lowest BCUT2D eigenvalue weighted by Gasteiger charge is -2.14. The molecule has 1 aromatic carbocycles. The summed E-state index contributed by atoms with van der Waals surface area (Å²) >= 11 is 1.56. The van der Waals surface area contributed by atoms with E-state index in [0.717, 1.165) is 28.8 Å². The Labute approximate surface area is 151 Å². The molecular weight excluding hydrogens is 332 g/mol. The molecule has 1 saturated carbocycles. The van der Waals surface area contributed by atoms with Crippen LogP contribution in [0.1, 0.15) is 25.7 Å². The Bertz CT molecular complexity index is 800. The van der Waals surface area contributed by atoms with Crippen LogP contribution in [0.2, 0.25) is 0 Å². The summed E-state index contributed by atoms with van der Waals surface area (Å²) in [6, 6.07) is 11.6. The number of ether oxygens (including phenoxy) is 2. The number of para-hydroxylation sites is 1. The predicted octanol–water partition coefficient (Wildman–Crippen LogP) is 5.57. The average Bonchev–Trinajstić information content (AvgIpc) is 3.35. The van der Waals surface area contributed by atoms with E-state index in [-0.39, 0.29) is 0 Å². The Morgan fingerprint density at radius 2 is 1.88 bits per heavy atom. The van der Waals surface area contributed by atoms with Crippen molar-refractivity contribution in [1.29, 1.82) is 0 Å². The molecule has 4 rings (SSSR count). The molecule has 0 unspecified atom stereocenters. The van der Waals surface area contributed by atoms with Gasteiger partial charge in [-0.3, -0.25) is 0 Å². The number of nitrogens with zero attached hydrogens (tertiary/aromatic N) is 2. The van der Waals surface area contributed by atoms with Crippen molar-refractivity contribution in [2.75, 3.05) is 6.61 Å². The van der Waals surface area contributed by atoms with Gasteiger partial charge in [0.05, 0.1) is 12.8 Å². The lowest BCUT2D eigenvalue weighted by Crippen LogP contribution is -2.09. The first-order chi connectivity index (χ1) is 12.4. The van der Waals surface area contributed by atoms with Crippen LogP contribution < -0.4 is 9.47 Å². The minimum Gasteiger partial charge on any atom is -0.491 e. The standard InChI is InChI=1S/C20H20N2O2S/c1-2-8-16(9-3-1)24-17-12-18(23-14-15-6-4-5-7-15)19(22-13-17)20-21-10-11-25-20/h1-3,8-13,15H,4-7,14H2. The molecular formula is C20H20N2O2S. The summed E-state index contributed by atoms with van der Waals surface area (Å²) in [4.78, 5) is 8.94. The Morgan fingerprint density at radius 1 is 1.04 bits per heavy atom. The molecule has 128 valence electrons. The zero-order valence-corrected chi connectivity index (χ0v) is 14.7. The topological polar surface area (TPSA) is 44.2 Å². The molecule has 0 aliphatic heterocycles. The van der Waals surface area contributed by atoms with Crippen LogP contribution in [0.5, 0.6) is 17.2 Å². The summed E-state index contributed by atoms with van der Waals surface area (Å²) in [5, 5.41) is 2.82. The maximum Gasteiger partial charge on any atom is 0.151 e. The second-order valence-electron chi connectivity index (χ2n) is 6.23. The van der Waals surface area contributed by atoms with Crippen molar-refractivity contribution in [3.63, 3.8) is 0 Å². The van der Waals surface area contributed by atoms with Crippen LogP contribution in [0, 0.1) is 5.92 Å². The first-order valence-corrected chi connectivity index (χ1v) is 9.52. The molecule has 3 aromatic rings. The summed E-state index contributed by atoms with van der Waals surface area (Å²) in [6.07, 6.45) is 8.63. The third-order valence-corrected chi connectivity index (χ3v) is 5.17. The summed E-state index contributed by atoms with van der Waals surface area (Å²) in [5.41, 5.74) is 0.786. The molecule has 0 spiro atoms. The van der Waals surface area contributed by atoms with Gasteiger partial charge in [-0.25, -0.2) is 9.97 Å². The van der Waals surface area contributed by atoms with Gasteiger partial charge in [0.2, 0.25) is 0 Å². The minimum absolute atomic E-state index is 0.642. The van der Waals surface area contributed by atoms with Crippen LogP contribution in [0.3, 0.4) is 0 Å². The SMILES string of the molecule is c1ccc(Oc2cnc(-c3nccs3)c(OCC3CCCC3)c2)cc1. The Morgan fingerprint density at radius 3 is 2.64 bits per heavy atom. The molecule has 25 heavy (non-hydrogen) atoms. The molecule has 5 heteroatoms. The molecule has 4 nitrogen and oxygen atoms in total. The smallest absolute Gasteiger partial charge is 0.151 e. The molecule has 0 radical (unpaired) electrons. The number of rotatable bonds is 6. The molecule has 2 aromatic heterocycles. The van der Waals surface area contributed by atoms with Gasteiger partial charge in [0, 0.05) is 17.6 Å². The van der Waals surface area contributed by atoms with Gasteiger partial charge in [0.1, 0.15) is 22.2 Å². The molecule has 0 N–H and O–H groups in total. The minimum atomic E-state index is 0.642. The maximum absolute atomic E-state index is 6.15. The summed E-state index contributed by atoms with van der Waals surface area (Å²) < 4.78 is 12.1. The van der Waals surface area contributed by atoms with Crippen LogP contribution in [0.15, 0.2) is 54.2 Å². The maximum atomic E-state index is 6.15. The van der Waals surface area contributed by atoms with Crippen molar-refractivity contribution < 1.29 is 9.47 Å². The second-order valence-corrected chi connectivity index (χ2v) is 7.13. The van der Waals surface area contributed by atoms with Crippen LogP contribution in [-0.2, 0) is 0 Å². The summed E-state index contributed by atoms with van der Waals surface area (Å²) in [6.45, 7) is 0.731. The van der Waals surface area contributed by atoms with E-state index in [1.807, 2.05) is 41.8 Å². The van der Waals surface area contributed by atoms with Gasteiger partial charge >= 0.3 is 0 Å². The first-order valence-electron chi connectivity index (χ1n) is 8.64. The highest BCUT2D eigenvalue weighted by atomic mass is 32.1. The normalized spacial score (nSPS) is 14.6. The number of thiazole rings is 1. The van der Waals surface area contributed by atoms with E-state index in [1.165, 1.54) is 25.7 Å². The number of hydrogen-bond acceptors (Lipinski definition) is 5. The van der Waals surface area contributed by atoms with Crippen molar-refractivity contribution in [3.05, 3.63) is 54.2 Å². The Balaban J connectivity index is 1.58. The van der Waals surface area contributed by atoms with E-state index >= 15 is 0 Å². The number of hydrogen-bond donors (Lipinski definition) is 0. The van der Waals surface area contributed by atoms with Crippen molar-refractivity contribution in [2.24, 2.45) is 5.92 Å². The monoisotopic (exact) mass is 352 g/mol. The van der Waals surface area contributed by atoms with Crippen molar-refractivity contribution in [1.82, 2.24) is 9.97 Å². The fourth-order valence-corrected chi connectivity index (χ4v) is 3.74. The first kappa shape index (κ1) is 16.1. The number of pyridine rings is 1. The highest BCUT2D eigenvalue weighted by Gasteiger charge is 2.18. The van der Waals surface area contributed by atoms with Crippen LogP contribution in [-0.4, -0.2) is 16.6 Å². The van der Waals surface area contributed by atoms with E-state index in [1.54, 1.807) is 23.7 Å². The van der Waals surface area contributed by atoms with Gasteiger partial charge in [-0.05, 0) is 30.9 Å². The van der Waals surface area contributed by atoms with Gasteiger partial charge in [0.15, 0.2) is 5.75 Å². The quantitative estimate of drug-likeness (QED) is 0.582. The molecule has 0 saturated heterocycles. The highest BCUT2D eigenvalue weighted by molar-refractivity contribution is 7.13. The van der Waals surface area contributed by atoms with Gasteiger partial charge in [0.25, 0.3) is 0 Å². The van der Waals surface area contributed by atoms with E-state index in [9.17, 15) is 0 Å². The van der Waals surface area contributed by atoms with Gasteiger partial charge < -0.3 is 9.47 Å². The largest absolute Gasteiger partial charge is 0.491 e. The zero-order chi connectivity index (χ0) is 16.9. The fourth-order valence-electron chi connectivity index (χ4n) is 3.10. The molecule has 1 aliphatic carbocycles. The van der Waals surface area contributed by atoms with Crippen molar-refractivity contribution in [3.8, 4) is 28.0 Å². The zero-order valence-electron chi connectivity index (χ0n) is 13.9. The van der Waals surface area contributed by atoms with Crippen molar-refractivity contribution in [2.45, 2.75) is 25.7 Å². The fraction of sp³-hybridized carbons (Fsp3) is 0.300. The van der Waals surface area contributed by atoms with Gasteiger partial charge in [-0.2, -0.15) is 0 Å². The predicted molar refractivity (Wildman–Crippen MR) is 99.3 cm³/mol. The average molecular weight is 352 g/mol. The molecule has 0 atom stereocenters. The van der Waals surface area contributed by atoms with E-state index in [0.29, 0.717) is 11.7 Å². The second kappa shape index (κ2) is 7.66. The van der Waals surface area contributed by atoms with E-state index < -0.39 is 0 Å². The molecule has 2 heterocycles. The van der Waals surface area contributed by atoms with Crippen LogP contribution >= 0.6 is 11.3 Å². The molecule has 0 amide bonds. The summed E-state index contributed by atoms with van der Waals surface area (Å²) in [5.74, 6) is 2.85. The lowest BCUT2D eigenvalue weighted by molar-refractivity contribution is 0.251. The van der Waals surface area contributed by atoms with Gasteiger partial charge in [-0.1, -0.05) is 31.0 Å². The molecule has 1 aliphatic rings. The van der Waals surface area contributed by atoms with Crippen molar-refractivity contribution >= 4 is 11.3 Å².